The second-order valence-corrected chi connectivity index (χ2v) is 7.33. The molecule has 0 fully saturated rings. The summed E-state index contributed by atoms with van der Waals surface area (Å²) in [5.74, 6) is -0.154. The lowest BCUT2D eigenvalue weighted by molar-refractivity contribution is -0.903. The minimum Gasteiger partial charge on any atom is -0.325 e. The van der Waals surface area contributed by atoms with Crippen molar-refractivity contribution < 1.29 is 17.5 Å². The van der Waals surface area contributed by atoms with E-state index in [1.807, 2.05) is 18.2 Å². The van der Waals surface area contributed by atoms with Gasteiger partial charge in [0.1, 0.15) is 6.54 Å². The van der Waals surface area contributed by atoms with Crippen molar-refractivity contribution in [2.45, 2.75) is 19.4 Å². The van der Waals surface area contributed by atoms with Crippen LogP contribution in [0.2, 0.25) is 0 Å². The Kier molecular flexibility index (Phi) is 5.92. The van der Waals surface area contributed by atoms with Crippen LogP contribution in [0.4, 0.5) is 0 Å². The van der Waals surface area contributed by atoms with E-state index in [2.05, 4.69) is 32.8 Å². The van der Waals surface area contributed by atoms with Gasteiger partial charge in [0.25, 0.3) is 10.1 Å². The fourth-order valence-electron chi connectivity index (χ4n) is 2.22. The predicted octanol–water partition coefficient (Wildman–Crippen LogP) is 2.57. The molecule has 0 aliphatic heterocycles. The first-order chi connectivity index (χ1) is 9.22. The van der Waals surface area contributed by atoms with E-state index in [0.29, 0.717) is 6.42 Å². The van der Waals surface area contributed by atoms with Crippen LogP contribution < -0.4 is 0 Å². The van der Waals surface area contributed by atoms with E-state index in [-0.39, 0.29) is 5.75 Å². The first kappa shape index (κ1) is 16.9. The normalized spacial score (nSPS) is 12.3. The van der Waals surface area contributed by atoms with Gasteiger partial charge in [0.2, 0.25) is 0 Å². The SMILES string of the molecule is C=Cc1cccc(C[N+](C)(C)CCCCS(=O)(=O)O)c1. The van der Waals surface area contributed by atoms with Gasteiger partial charge in [-0.25, -0.2) is 0 Å². The van der Waals surface area contributed by atoms with Gasteiger partial charge in [0, 0.05) is 5.56 Å². The number of rotatable bonds is 8. The van der Waals surface area contributed by atoms with Crippen LogP contribution in [0, 0.1) is 0 Å². The number of hydrogen-bond acceptors (Lipinski definition) is 2. The topological polar surface area (TPSA) is 54.4 Å². The molecule has 0 saturated carbocycles. The van der Waals surface area contributed by atoms with Crippen molar-refractivity contribution in [2.24, 2.45) is 0 Å². The number of hydrogen-bond donors (Lipinski definition) is 1. The van der Waals surface area contributed by atoms with E-state index >= 15 is 0 Å². The van der Waals surface area contributed by atoms with Crippen LogP contribution in [0.25, 0.3) is 6.08 Å². The van der Waals surface area contributed by atoms with Crippen molar-refractivity contribution >= 4 is 16.2 Å². The molecule has 1 aromatic rings. The Hall–Kier alpha value is -1.17. The highest BCUT2D eigenvalue weighted by molar-refractivity contribution is 7.85. The summed E-state index contributed by atoms with van der Waals surface area (Å²) < 4.78 is 30.8. The summed E-state index contributed by atoms with van der Waals surface area (Å²) in [4.78, 5) is 0. The summed E-state index contributed by atoms with van der Waals surface area (Å²) >= 11 is 0. The smallest absolute Gasteiger partial charge is 0.264 e. The summed E-state index contributed by atoms with van der Waals surface area (Å²) in [6.45, 7) is 5.52. The number of unbranched alkanes of at least 4 members (excludes halogenated alkanes) is 1. The molecule has 0 spiro atoms. The highest BCUT2D eigenvalue weighted by Crippen LogP contribution is 2.13. The highest BCUT2D eigenvalue weighted by Gasteiger charge is 2.16. The molecule has 0 amide bonds. The van der Waals surface area contributed by atoms with Gasteiger partial charge in [-0.05, 0) is 24.5 Å². The summed E-state index contributed by atoms with van der Waals surface area (Å²) in [7, 11) is 0.410. The van der Waals surface area contributed by atoms with Crippen molar-refractivity contribution in [1.29, 1.82) is 0 Å². The Bertz CT molecular complexity index is 550. The molecule has 4 nitrogen and oxygen atoms in total. The first-order valence-corrected chi connectivity index (χ1v) is 8.31. The molecule has 0 aliphatic carbocycles. The Morgan fingerprint density at radius 1 is 1.30 bits per heavy atom. The second kappa shape index (κ2) is 7.02. The molecular formula is C15H24NO3S+. The lowest BCUT2D eigenvalue weighted by Gasteiger charge is -2.30. The van der Waals surface area contributed by atoms with E-state index in [1.165, 1.54) is 5.56 Å². The van der Waals surface area contributed by atoms with Crippen molar-refractivity contribution in [3.05, 3.63) is 42.0 Å². The zero-order valence-electron chi connectivity index (χ0n) is 12.2. The molecule has 1 N–H and O–H groups in total. The monoisotopic (exact) mass is 298 g/mol. The number of benzene rings is 1. The Morgan fingerprint density at radius 2 is 2.00 bits per heavy atom. The van der Waals surface area contributed by atoms with Crippen LogP contribution in [0.1, 0.15) is 24.0 Å². The van der Waals surface area contributed by atoms with Gasteiger partial charge in [0.05, 0.1) is 26.4 Å². The maximum atomic E-state index is 10.7. The average molecular weight is 298 g/mol. The summed E-state index contributed by atoms with van der Waals surface area (Å²) in [5, 5.41) is 0. The van der Waals surface area contributed by atoms with Gasteiger partial charge in [-0.3, -0.25) is 4.55 Å². The molecule has 0 radical (unpaired) electrons. The van der Waals surface area contributed by atoms with Gasteiger partial charge in [0.15, 0.2) is 0 Å². The molecule has 0 heterocycles. The lowest BCUT2D eigenvalue weighted by atomic mass is 10.1. The molecule has 0 saturated heterocycles. The maximum Gasteiger partial charge on any atom is 0.264 e. The highest BCUT2D eigenvalue weighted by atomic mass is 32.2. The van der Waals surface area contributed by atoms with E-state index in [4.69, 9.17) is 4.55 Å². The molecule has 112 valence electrons. The van der Waals surface area contributed by atoms with Gasteiger partial charge in [-0.1, -0.05) is 30.9 Å². The minimum absolute atomic E-state index is 0.154. The van der Waals surface area contributed by atoms with Crippen LogP contribution in [-0.4, -0.2) is 43.8 Å². The summed E-state index contributed by atoms with van der Waals surface area (Å²) in [6.07, 6.45) is 3.09. The van der Waals surface area contributed by atoms with Crippen LogP contribution in [0.15, 0.2) is 30.8 Å². The minimum atomic E-state index is -3.83. The third-order valence-corrected chi connectivity index (χ3v) is 4.02. The molecule has 5 heteroatoms. The molecular weight excluding hydrogens is 274 g/mol. The van der Waals surface area contributed by atoms with Gasteiger partial charge in [-0.15, -0.1) is 0 Å². The Labute approximate surface area is 122 Å². The van der Waals surface area contributed by atoms with Crippen molar-refractivity contribution in [3.63, 3.8) is 0 Å². The second-order valence-electron chi connectivity index (χ2n) is 5.76. The quantitative estimate of drug-likeness (QED) is 0.456. The van der Waals surface area contributed by atoms with Crippen LogP contribution in [-0.2, 0) is 16.7 Å². The Morgan fingerprint density at radius 3 is 2.60 bits per heavy atom. The van der Waals surface area contributed by atoms with Gasteiger partial charge in [-0.2, -0.15) is 8.42 Å². The predicted molar refractivity (Wildman–Crippen MR) is 82.9 cm³/mol. The lowest BCUT2D eigenvalue weighted by Crippen LogP contribution is -2.39. The van der Waals surface area contributed by atoms with Crippen molar-refractivity contribution in [2.75, 3.05) is 26.4 Å². The first-order valence-electron chi connectivity index (χ1n) is 6.70. The molecule has 1 rings (SSSR count). The molecule has 0 atom stereocenters. The average Bonchev–Trinajstić information content (AvgIpc) is 2.33. The zero-order valence-corrected chi connectivity index (χ0v) is 13.1. The van der Waals surface area contributed by atoms with E-state index < -0.39 is 10.1 Å². The third kappa shape index (κ3) is 6.84. The van der Waals surface area contributed by atoms with Crippen molar-refractivity contribution in [1.82, 2.24) is 0 Å². The molecule has 20 heavy (non-hydrogen) atoms. The fourth-order valence-corrected chi connectivity index (χ4v) is 2.78. The number of quaternary nitrogens is 1. The van der Waals surface area contributed by atoms with Gasteiger partial charge >= 0.3 is 0 Å². The van der Waals surface area contributed by atoms with Gasteiger partial charge < -0.3 is 4.48 Å². The third-order valence-electron chi connectivity index (χ3n) is 3.21. The molecule has 0 bridgehead atoms. The molecule has 0 aliphatic rings. The van der Waals surface area contributed by atoms with E-state index in [1.54, 1.807) is 0 Å². The molecule has 1 aromatic carbocycles. The maximum absolute atomic E-state index is 10.7. The van der Waals surface area contributed by atoms with E-state index in [0.717, 1.165) is 29.6 Å². The Balaban J connectivity index is 2.50. The fraction of sp³-hybridized carbons (Fsp3) is 0.467. The summed E-state index contributed by atoms with van der Waals surface area (Å²) in [5.41, 5.74) is 2.34. The molecule has 0 unspecified atom stereocenters. The van der Waals surface area contributed by atoms with E-state index in [9.17, 15) is 8.42 Å². The largest absolute Gasteiger partial charge is 0.325 e. The summed E-state index contributed by atoms with van der Waals surface area (Å²) in [6, 6.07) is 8.24. The zero-order chi connectivity index (χ0) is 15.2. The van der Waals surface area contributed by atoms with Crippen LogP contribution in [0.5, 0.6) is 0 Å². The van der Waals surface area contributed by atoms with Crippen molar-refractivity contribution in [3.8, 4) is 0 Å². The number of nitrogens with zero attached hydrogens (tertiary/aromatic N) is 1. The standard InChI is InChI=1S/C15H23NO3S/c1-4-14-8-7-9-15(12-14)13-16(2,3)10-5-6-11-20(17,18)19/h4,7-9,12H,1,5-6,10-11,13H2,2-3H3/p+1. The molecule has 0 aromatic heterocycles. The van der Waals surface area contributed by atoms with Crippen LogP contribution >= 0.6 is 0 Å². The van der Waals surface area contributed by atoms with Crippen LogP contribution in [0.3, 0.4) is 0 Å².